The van der Waals surface area contributed by atoms with E-state index in [0.29, 0.717) is 11.4 Å². The Kier molecular flexibility index (Phi) is 16.2. The molecule has 12 heteroatoms. The van der Waals surface area contributed by atoms with Crippen molar-refractivity contribution in [2.75, 3.05) is 13.6 Å². The molecule has 11 nitrogen and oxygen atoms in total. The van der Waals surface area contributed by atoms with Gasteiger partial charge in [0.1, 0.15) is 10.7 Å². The molecule has 1 fully saturated rings. The molecule has 282 valence electrons. The van der Waals surface area contributed by atoms with Crippen molar-refractivity contribution in [1.29, 1.82) is 0 Å². The summed E-state index contributed by atoms with van der Waals surface area (Å²) in [6, 6.07) is 6.86. The number of likely N-dealkylation sites (tertiary alicyclic amines) is 1. The van der Waals surface area contributed by atoms with Crippen molar-refractivity contribution < 1.29 is 33.8 Å². The van der Waals surface area contributed by atoms with Crippen molar-refractivity contribution in [2.45, 2.75) is 124 Å². The summed E-state index contributed by atoms with van der Waals surface area (Å²) in [7, 11) is 1.97. The standard InChI is InChI=1S/C39H58N4O7S/c1-9-25(5)30(20-34(45)33-12-10-11-17-43(33)8)36(46)41-31(23(2)3)21-35(50-27(7)44)38-42-32(22-51-38)37(47)40-29(18-26(6)39(48)49)19-28-15-13-24(4)14-16-28/h13-16,22-23,25-26,29-31,33,35H,9-12,17-21H2,1-8H3,(H,40,47)(H,41,46)(H,48,49)/t25-,26-,29+,30?,31+,33+,35+/m0/s1. The summed E-state index contributed by atoms with van der Waals surface area (Å²) in [5.41, 5.74) is 2.21. The van der Waals surface area contributed by atoms with Crippen LogP contribution in [0.3, 0.4) is 0 Å². The normalized spacial score (nSPS) is 18.6. The van der Waals surface area contributed by atoms with Gasteiger partial charge in [0.05, 0.1) is 12.0 Å². The van der Waals surface area contributed by atoms with Crippen LogP contribution in [-0.2, 0) is 30.3 Å². The number of amides is 2. The average molecular weight is 727 g/mol. The van der Waals surface area contributed by atoms with Gasteiger partial charge in [0, 0.05) is 43.1 Å². The van der Waals surface area contributed by atoms with E-state index in [1.807, 2.05) is 65.9 Å². The van der Waals surface area contributed by atoms with Crippen molar-refractivity contribution in [3.05, 3.63) is 51.5 Å². The summed E-state index contributed by atoms with van der Waals surface area (Å²) < 4.78 is 5.73. The molecule has 2 aromatic rings. The number of carbonyl (C=O) groups excluding carboxylic acids is 4. The Morgan fingerprint density at radius 3 is 2.31 bits per heavy atom. The summed E-state index contributed by atoms with van der Waals surface area (Å²) in [5.74, 6) is -3.20. The number of benzene rings is 1. The van der Waals surface area contributed by atoms with Gasteiger partial charge in [0.25, 0.3) is 5.91 Å². The third-order valence-corrected chi connectivity index (χ3v) is 11.1. The Labute approximate surface area is 307 Å². The van der Waals surface area contributed by atoms with E-state index in [1.54, 1.807) is 12.3 Å². The van der Waals surface area contributed by atoms with E-state index in [2.05, 4.69) is 20.5 Å². The monoisotopic (exact) mass is 726 g/mol. The van der Waals surface area contributed by atoms with E-state index in [1.165, 1.54) is 18.3 Å². The zero-order valence-electron chi connectivity index (χ0n) is 31.6. The van der Waals surface area contributed by atoms with Gasteiger partial charge >= 0.3 is 11.9 Å². The van der Waals surface area contributed by atoms with E-state index >= 15 is 0 Å². The highest BCUT2D eigenvalue weighted by Crippen LogP contribution is 2.30. The number of hydrogen-bond acceptors (Lipinski definition) is 9. The van der Waals surface area contributed by atoms with Crippen LogP contribution < -0.4 is 10.6 Å². The SMILES string of the molecule is CC[C@H](C)C(CC(=O)[C@H]1CCCCN1C)C(=O)N[C@H](C[C@@H](OC(C)=O)c1nc(C(=O)N[C@@H](Cc2ccc(C)cc2)C[C@H](C)C(=O)O)cs1)C(C)C. The number of nitrogens with zero attached hydrogens (tertiary/aromatic N) is 2. The van der Waals surface area contributed by atoms with Crippen LogP contribution in [0.2, 0.25) is 0 Å². The molecule has 0 aliphatic carbocycles. The molecule has 51 heavy (non-hydrogen) atoms. The van der Waals surface area contributed by atoms with E-state index in [4.69, 9.17) is 4.74 Å². The Morgan fingerprint density at radius 1 is 1.04 bits per heavy atom. The molecule has 0 bridgehead atoms. The molecule has 3 N–H and O–H groups in total. The fraction of sp³-hybridized carbons (Fsp3) is 0.641. The lowest BCUT2D eigenvalue weighted by Crippen LogP contribution is -2.47. The summed E-state index contributed by atoms with van der Waals surface area (Å²) in [6.45, 7) is 13.8. The van der Waals surface area contributed by atoms with Gasteiger partial charge in [0.15, 0.2) is 11.9 Å². The van der Waals surface area contributed by atoms with Gasteiger partial charge in [-0.15, -0.1) is 11.3 Å². The van der Waals surface area contributed by atoms with Crippen LogP contribution in [0.5, 0.6) is 0 Å². The average Bonchev–Trinajstić information content (AvgIpc) is 3.57. The smallest absolute Gasteiger partial charge is 0.306 e. The van der Waals surface area contributed by atoms with E-state index < -0.39 is 47.9 Å². The molecular formula is C39H58N4O7S. The maximum atomic E-state index is 13.9. The number of carboxylic acids is 1. The summed E-state index contributed by atoms with van der Waals surface area (Å²) in [6.07, 6.45) is 3.91. The highest BCUT2D eigenvalue weighted by Gasteiger charge is 2.35. The third-order valence-electron chi connectivity index (χ3n) is 10.2. The van der Waals surface area contributed by atoms with Crippen molar-refractivity contribution in [1.82, 2.24) is 20.5 Å². The van der Waals surface area contributed by atoms with Gasteiger partial charge < -0.3 is 20.5 Å². The van der Waals surface area contributed by atoms with Crippen LogP contribution in [0.15, 0.2) is 29.6 Å². The molecule has 1 aromatic carbocycles. The van der Waals surface area contributed by atoms with E-state index in [-0.39, 0.29) is 54.5 Å². The number of likely N-dealkylation sites (N-methyl/N-ethyl adjacent to an activating group) is 1. The number of esters is 1. The molecule has 1 aromatic heterocycles. The Balaban J connectivity index is 1.77. The molecule has 1 unspecified atom stereocenters. The van der Waals surface area contributed by atoms with Crippen LogP contribution in [-0.4, -0.2) is 76.2 Å². The molecule has 0 spiro atoms. The molecule has 0 radical (unpaired) electrons. The minimum atomic E-state index is -0.941. The van der Waals surface area contributed by atoms with Crippen molar-refractivity contribution in [2.24, 2.45) is 23.7 Å². The Bertz CT molecular complexity index is 1480. The largest absolute Gasteiger partial charge is 0.481 e. The third kappa shape index (κ3) is 12.8. The number of ketones is 1. The highest BCUT2D eigenvalue weighted by molar-refractivity contribution is 7.09. The Hall–Kier alpha value is -3.64. The zero-order chi connectivity index (χ0) is 37.8. The quantitative estimate of drug-likeness (QED) is 0.145. The second-order valence-corrected chi connectivity index (χ2v) is 15.6. The van der Waals surface area contributed by atoms with Gasteiger partial charge in [-0.1, -0.05) is 77.3 Å². The first kappa shape index (κ1) is 41.8. The molecule has 2 amide bonds. The van der Waals surface area contributed by atoms with Gasteiger partial charge in [-0.3, -0.25) is 28.9 Å². The van der Waals surface area contributed by atoms with E-state index in [9.17, 15) is 29.1 Å². The molecule has 1 aliphatic rings. The molecule has 2 heterocycles. The lowest BCUT2D eigenvalue weighted by atomic mass is 9.83. The minimum absolute atomic E-state index is 0.00622. The maximum Gasteiger partial charge on any atom is 0.306 e. The predicted molar refractivity (Wildman–Crippen MR) is 198 cm³/mol. The molecule has 3 rings (SSSR count). The van der Waals surface area contributed by atoms with Gasteiger partial charge in [-0.2, -0.15) is 0 Å². The van der Waals surface area contributed by atoms with Crippen molar-refractivity contribution >= 4 is 40.9 Å². The first-order chi connectivity index (χ1) is 24.1. The number of ether oxygens (including phenoxy) is 1. The number of aliphatic carboxylic acids is 1. The molecule has 0 saturated carbocycles. The fourth-order valence-electron chi connectivity index (χ4n) is 6.62. The van der Waals surface area contributed by atoms with Crippen LogP contribution >= 0.6 is 11.3 Å². The second kappa shape index (κ2) is 19.8. The summed E-state index contributed by atoms with van der Waals surface area (Å²) in [5, 5.41) is 17.7. The highest BCUT2D eigenvalue weighted by atomic mass is 32.1. The number of rotatable bonds is 19. The number of carbonyl (C=O) groups is 5. The Morgan fingerprint density at radius 2 is 1.73 bits per heavy atom. The number of hydrogen-bond donors (Lipinski definition) is 3. The summed E-state index contributed by atoms with van der Waals surface area (Å²) in [4.78, 5) is 71.3. The van der Waals surface area contributed by atoms with Crippen LogP contribution in [0.1, 0.15) is 119 Å². The number of aromatic nitrogens is 1. The molecular weight excluding hydrogens is 669 g/mol. The van der Waals surface area contributed by atoms with E-state index in [0.717, 1.165) is 43.4 Å². The number of nitrogens with one attached hydrogen (secondary N) is 2. The van der Waals surface area contributed by atoms with Gasteiger partial charge in [-0.25, -0.2) is 4.98 Å². The fourth-order valence-corrected chi connectivity index (χ4v) is 7.46. The minimum Gasteiger partial charge on any atom is -0.481 e. The molecule has 1 aliphatic heterocycles. The zero-order valence-corrected chi connectivity index (χ0v) is 32.4. The number of Topliss-reactive ketones (excluding diaryl/α,β-unsaturated/α-hetero) is 1. The number of aryl methyl sites for hydroxylation is 1. The van der Waals surface area contributed by atoms with Crippen LogP contribution in [0.25, 0.3) is 0 Å². The van der Waals surface area contributed by atoms with Crippen LogP contribution in [0, 0.1) is 30.6 Å². The lowest BCUT2D eigenvalue weighted by molar-refractivity contribution is -0.147. The number of carboxylic acid groups (broad SMARTS) is 1. The van der Waals surface area contributed by atoms with Gasteiger partial charge in [0.2, 0.25) is 5.91 Å². The topological polar surface area (TPSA) is 155 Å². The second-order valence-electron chi connectivity index (χ2n) is 14.8. The van der Waals surface area contributed by atoms with Crippen molar-refractivity contribution in [3.63, 3.8) is 0 Å². The van der Waals surface area contributed by atoms with Gasteiger partial charge in [-0.05, 0) is 63.6 Å². The number of thiazole rings is 1. The predicted octanol–water partition coefficient (Wildman–Crippen LogP) is 6.14. The molecule has 7 atom stereocenters. The first-order valence-corrected chi connectivity index (χ1v) is 19.2. The lowest BCUT2D eigenvalue weighted by Gasteiger charge is -2.33. The first-order valence-electron chi connectivity index (χ1n) is 18.3. The van der Waals surface area contributed by atoms with Crippen LogP contribution in [0.4, 0.5) is 0 Å². The molecule has 1 saturated heterocycles. The van der Waals surface area contributed by atoms with Crippen molar-refractivity contribution in [3.8, 4) is 0 Å². The maximum absolute atomic E-state index is 13.9. The number of piperidine rings is 1. The summed E-state index contributed by atoms with van der Waals surface area (Å²) >= 11 is 1.19.